The minimum Gasteiger partial charge on any atom is -0.368 e. The van der Waals surface area contributed by atoms with E-state index < -0.39 is 4.92 Å². The highest BCUT2D eigenvalue weighted by Crippen LogP contribution is 2.23. The van der Waals surface area contributed by atoms with Crippen LogP contribution >= 0.6 is 0 Å². The molecule has 0 radical (unpaired) electrons. The van der Waals surface area contributed by atoms with E-state index in [0.717, 1.165) is 31.6 Å². The SMILES string of the molecule is O=C(NCC1CCCN(c2ccc([N+](=O)[O-])nc2)C1)c1ccccc1. The van der Waals surface area contributed by atoms with Crippen LogP contribution in [0.4, 0.5) is 11.5 Å². The van der Waals surface area contributed by atoms with E-state index in [1.54, 1.807) is 24.4 Å². The van der Waals surface area contributed by atoms with Crippen LogP contribution in [0.5, 0.6) is 0 Å². The minimum absolute atomic E-state index is 0.0604. The van der Waals surface area contributed by atoms with E-state index in [1.807, 2.05) is 18.2 Å². The highest BCUT2D eigenvalue weighted by atomic mass is 16.6. The quantitative estimate of drug-likeness (QED) is 0.668. The Bertz CT molecular complexity index is 734. The molecular formula is C18H20N4O3. The van der Waals surface area contributed by atoms with Crippen LogP contribution in [0.25, 0.3) is 0 Å². The summed E-state index contributed by atoms with van der Waals surface area (Å²) < 4.78 is 0. The number of benzene rings is 1. The second-order valence-electron chi connectivity index (χ2n) is 6.16. The molecule has 25 heavy (non-hydrogen) atoms. The standard InChI is InChI=1S/C18H20N4O3/c23-18(15-6-2-1-3-7-15)20-11-14-5-4-10-21(13-14)16-8-9-17(19-12-16)22(24)25/h1-3,6-9,12,14H,4-5,10-11,13H2,(H,20,23). The number of piperidine rings is 1. The van der Waals surface area contributed by atoms with Crippen molar-refractivity contribution in [3.8, 4) is 0 Å². The zero-order valence-corrected chi connectivity index (χ0v) is 13.8. The molecule has 2 aromatic rings. The molecule has 1 aromatic carbocycles. The number of pyridine rings is 1. The average Bonchev–Trinajstić information content (AvgIpc) is 2.67. The zero-order valence-electron chi connectivity index (χ0n) is 13.8. The molecule has 1 aromatic heterocycles. The number of carbonyl (C=O) groups excluding carboxylic acids is 1. The molecule has 130 valence electrons. The average molecular weight is 340 g/mol. The molecule has 3 rings (SSSR count). The van der Waals surface area contributed by atoms with Gasteiger partial charge in [-0.1, -0.05) is 18.2 Å². The van der Waals surface area contributed by atoms with Gasteiger partial charge in [0, 0.05) is 31.3 Å². The molecule has 0 bridgehead atoms. The van der Waals surface area contributed by atoms with Gasteiger partial charge in [-0.2, -0.15) is 0 Å². The predicted octanol–water partition coefficient (Wildman–Crippen LogP) is 2.64. The first-order valence-electron chi connectivity index (χ1n) is 8.32. The molecule has 1 unspecified atom stereocenters. The molecule has 2 heterocycles. The number of anilines is 1. The minimum atomic E-state index is -0.498. The lowest BCUT2D eigenvalue weighted by Gasteiger charge is -2.33. The summed E-state index contributed by atoms with van der Waals surface area (Å²) in [6.07, 6.45) is 3.61. The number of hydrogen-bond acceptors (Lipinski definition) is 5. The van der Waals surface area contributed by atoms with E-state index >= 15 is 0 Å². The number of nitro groups is 1. The largest absolute Gasteiger partial charge is 0.368 e. The van der Waals surface area contributed by atoms with Gasteiger partial charge in [-0.3, -0.25) is 4.79 Å². The third-order valence-electron chi connectivity index (χ3n) is 4.39. The molecule has 1 amide bonds. The fourth-order valence-corrected chi connectivity index (χ4v) is 3.07. The number of nitrogens with one attached hydrogen (secondary N) is 1. The van der Waals surface area contributed by atoms with Crippen molar-refractivity contribution in [2.24, 2.45) is 5.92 Å². The number of rotatable bonds is 5. The van der Waals surface area contributed by atoms with Crippen molar-refractivity contribution in [2.75, 3.05) is 24.5 Å². The van der Waals surface area contributed by atoms with E-state index in [0.29, 0.717) is 18.0 Å². The van der Waals surface area contributed by atoms with Crippen LogP contribution in [0.1, 0.15) is 23.2 Å². The van der Waals surface area contributed by atoms with Gasteiger partial charge in [0.2, 0.25) is 0 Å². The lowest BCUT2D eigenvalue weighted by Crippen LogP contribution is -2.41. The molecule has 1 aliphatic rings. The summed E-state index contributed by atoms with van der Waals surface area (Å²) in [5, 5.41) is 13.7. The van der Waals surface area contributed by atoms with Gasteiger partial charge in [0.1, 0.15) is 0 Å². The van der Waals surface area contributed by atoms with Crippen molar-refractivity contribution >= 4 is 17.4 Å². The number of aromatic nitrogens is 1. The number of nitrogens with zero attached hydrogens (tertiary/aromatic N) is 3. The molecule has 1 N–H and O–H groups in total. The first kappa shape index (κ1) is 16.9. The van der Waals surface area contributed by atoms with Crippen LogP contribution < -0.4 is 10.2 Å². The molecule has 1 aliphatic heterocycles. The molecule has 7 heteroatoms. The van der Waals surface area contributed by atoms with E-state index in [1.165, 1.54) is 6.07 Å². The van der Waals surface area contributed by atoms with Crippen LogP contribution in [0, 0.1) is 16.0 Å². The van der Waals surface area contributed by atoms with E-state index in [4.69, 9.17) is 0 Å². The lowest BCUT2D eigenvalue weighted by atomic mass is 9.97. The fourth-order valence-electron chi connectivity index (χ4n) is 3.07. The van der Waals surface area contributed by atoms with Gasteiger partial charge in [0.25, 0.3) is 5.91 Å². The number of carbonyl (C=O) groups is 1. The normalized spacial score (nSPS) is 17.1. The Morgan fingerprint density at radius 3 is 2.76 bits per heavy atom. The molecule has 1 saturated heterocycles. The monoisotopic (exact) mass is 340 g/mol. The van der Waals surface area contributed by atoms with Gasteiger partial charge < -0.3 is 20.3 Å². The maximum atomic E-state index is 12.1. The predicted molar refractivity (Wildman–Crippen MR) is 94.6 cm³/mol. The van der Waals surface area contributed by atoms with Crippen LogP contribution in [0.3, 0.4) is 0 Å². The number of amides is 1. The summed E-state index contributed by atoms with van der Waals surface area (Å²) in [6.45, 7) is 2.31. The maximum absolute atomic E-state index is 12.1. The lowest BCUT2D eigenvalue weighted by molar-refractivity contribution is -0.389. The van der Waals surface area contributed by atoms with Crippen LogP contribution in [0.15, 0.2) is 48.7 Å². The smallest absolute Gasteiger partial charge is 0.363 e. The van der Waals surface area contributed by atoms with Crippen LogP contribution in [0.2, 0.25) is 0 Å². The van der Waals surface area contributed by atoms with Gasteiger partial charge in [-0.05, 0) is 46.9 Å². The molecular weight excluding hydrogens is 320 g/mol. The van der Waals surface area contributed by atoms with Gasteiger partial charge >= 0.3 is 5.82 Å². The molecule has 1 atom stereocenters. The molecule has 7 nitrogen and oxygen atoms in total. The van der Waals surface area contributed by atoms with Crippen molar-refractivity contribution in [1.29, 1.82) is 0 Å². The fraction of sp³-hybridized carbons (Fsp3) is 0.333. The summed E-state index contributed by atoms with van der Waals surface area (Å²) in [5.74, 6) is 0.138. The topological polar surface area (TPSA) is 88.4 Å². The zero-order chi connectivity index (χ0) is 17.6. The second-order valence-corrected chi connectivity index (χ2v) is 6.16. The van der Waals surface area contributed by atoms with Gasteiger partial charge in [0.05, 0.1) is 5.69 Å². The Hall–Kier alpha value is -2.96. The van der Waals surface area contributed by atoms with Gasteiger partial charge in [-0.15, -0.1) is 0 Å². The first-order valence-corrected chi connectivity index (χ1v) is 8.32. The second kappa shape index (κ2) is 7.74. The summed E-state index contributed by atoms with van der Waals surface area (Å²) in [7, 11) is 0. The van der Waals surface area contributed by atoms with E-state index in [-0.39, 0.29) is 11.7 Å². The highest BCUT2D eigenvalue weighted by Gasteiger charge is 2.22. The molecule has 0 spiro atoms. The van der Waals surface area contributed by atoms with Crippen molar-refractivity contribution in [1.82, 2.24) is 10.3 Å². The van der Waals surface area contributed by atoms with Gasteiger partial charge in [-0.25, -0.2) is 0 Å². The van der Waals surface area contributed by atoms with E-state index in [9.17, 15) is 14.9 Å². The highest BCUT2D eigenvalue weighted by molar-refractivity contribution is 5.94. The molecule has 0 saturated carbocycles. The molecule has 0 aliphatic carbocycles. The maximum Gasteiger partial charge on any atom is 0.363 e. The summed E-state index contributed by atoms with van der Waals surface area (Å²) in [6, 6.07) is 12.3. The number of hydrogen-bond donors (Lipinski definition) is 1. The Morgan fingerprint density at radius 1 is 1.28 bits per heavy atom. The Kier molecular flexibility index (Phi) is 5.23. The Balaban J connectivity index is 1.56. The third-order valence-corrected chi connectivity index (χ3v) is 4.39. The van der Waals surface area contributed by atoms with Crippen molar-refractivity contribution in [3.05, 3.63) is 64.3 Å². The summed E-state index contributed by atoms with van der Waals surface area (Å²) in [5.41, 5.74) is 1.54. The van der Waals surface area contributed by atoms with Crippen LogP contribution in [-0.4, -0.2) is 35.4 Å². The first-order chi connectivity index (χ1) is 12.1. The van der Waals surface area contributed by atoms with E-state index in [2.05, 4.69) is 15.2 Å². The van der Waals surface area contributed by atoms with Crippen molar-refractivity contribution in [3.63, 3.8) is 0 Å². The Labute approximate surface area is 145 Å². The van der Waals surface area contributed by atoms with Crippen molar-refractivity contribution in [2.45, 2.75) is 12.8 Å². The Morgan fingerprint density at radius 2 is 2.08 bits per heavy atom. The summed E-state index contributed by atoms with van der Waals surface area (Å²) in [4.78, 5) is 28.4. The summed E-state index contributed by atoms with van der Waals surface area (Å²) >= 11 is 0. The third kappa shape index (κ3) is 4.32. The van der Waals surface area contributed by atoms with Gasteiger partial charge in [0.15, 0.2) is 6.20 Å². The van der Waals surface area contributed by atoms with Crippen molar-refractivity contribution < 1.29 is 9.72 Å². The van der Waals surface area contributed by atoms with Crippen LogP contribution in [-0.2, 0) is 0 Å². The molecule has 1 fully saturated rings.